The molecule has 0 aliphatic carbocycles. The van der Waals surface area contributed by atoms with E-state index in [0.717, 1.165) is 68.7 Å². The molecule has 3 saturated heterocycles. The predicted octanol–water partition coefficient (Wildman–Crippen LogP) is 4.73. The third-order valence-electron chi connectivity index (χ3n) is 9.04. The molecule has 8 nitrogen and oxygen atoms in total. The molecular weight excluding hydrogens is 514 g/mol. The molecule has 6 rings (SSSR count). The Hall–Kier alpha value is -4.07. The lowest BCUT2D eigenvalue weighted by Gasteiger charge is -2.40. The van der Waals surface area contributed by atoms with Crippen LogP contribution in [0.1, 0.15) is 64.8 Å². The predicted molar refractivity (Wildman–Crippen MR) is 161 cm³/mol. The van der Waals surface area contributed by atoms with Gasteiger partial charge in [-0.25, -0.2) is 4.98 Å². The Balaban J connectivity index is 1.03. The summed E-state index contributed by atoms with van der Waals surface area (Å²) in [6.07, 6.45) is 7.51. The van der Waals surface area contributed by atoms with Crippen LogP contribution in [-0.2, 0) is 0 Å². The van der Waals surface area contributed by atoms with E-state index in [1.165, 1.54) is 5.69 Å². The molecule has 1 aromatic heterocycles. The second-order valence-electron chi connectivity index (χ2n) is 11.5. The van der Waals surface area contributed by atoms with Gasteiger partial charge in [0, 0.05) is 60.3 Å². The number of carbonyl (C=O) groups is 2. The number of amides is 2. The summed E-state index contributed by atoms with van der Waals surface area (Å²) in [5.41, 5.74) is 3.36. The second-order valence-corrected chi connectivity index (χ2v) is 11.5. The van der Waals surface area contributed by atoms with Crippen molar-refractivity contribution in [1.82, 2.24) is 15.6 Å². The van der Waals surface area contributed by atoms with Crippen molar-refractivity contribution in [2.45, 2.75) is 69.6 Å². The Morgan fingerprint density at radius 1 is 0.829 bits per heavy atom. The number of ether oxygens (including phenoxy) is 1. The van der Waals surface area contributed by atoms with E-state index >= 15 is 0 Å². The summed E-state index contributed by atoms with van der Waals surface area (Å²) >= 11 is 0. The lowest BCUT2D eigenvalue weighted by molar-refractivity contribution is 0.0920. The Bertz CT molecular complexity index is 1360. The number of nitrogens with one attached hydrogen (secondary N) is 2. The fourth-order valence-corrected chi connectivity index (χ4v) is 6.88. The van der Waals surface area contributed by atoms with Gasteiger partial charge >= 0.3 is 0 Å². The third-order valence-corrected chi connectivity index (χ3v) is 9.04. The molecule has 2 N–H and O–H groups in total. The smallest absolute Gasteiger partial charge is 0.253 e. The van der Waals surface area contributed by atoms with Crippen LogP contribution < -0.4 is 25.2 Å². The van der Waals surface area contributed by atoms with E-state index < -0.39 is 0 Å². The Labute approximate surface area is 242 Å². The summed E-state index contributed by atoms with van der Waals surface area (Å²) in [4.78, 5) is 35.6. The van der Waals surface area contributed by atoms with Gasteiger partial charge in [0.15, 0.2) is 0 Å². The van der Waals surface area contributed by atoms with Gasteiger partial charge in [-0.1, -0.05) is 24.3 Å². The summed E-state index contributed by atoms with van der Waals surface area (Å²) in [7, 11) is 1.63. The van der Waals surface area contributed by atoms with Crippen molar-refractivity contribution in [1.29, 1.82) is 0 Å². The molecule has 0 radical (unpaired) electrons. The highest BCUT2D eigenvalue weighted by Gasteiger charge is 2.42. The SMILES string of the molecule is COc1cccc(C(=O)N[C@H]2C[C@H]3CC[C@@H](C2)N3c2ccc(C(=O)NC3CCN(c4ccccc4)CC3)cn2)c1C. The van der Waals surface area contributed by atoms with E-state index in [2.05, 4.69) is 44.7 Å². The standard InChI is InChI=1S/C33H39N5O3/c1-22-29(9-6-10-30(22)41-2)33(40)36-25-19-27-12-13-28(20-25)38(27)31-14-11-23(21-34-31)32(39)35-24-15-17-37(18-16-24)26-7-4-3-5-8-26/h3-11,14,21,24-25,27-28H,12-13,15-20H2,1-2H3,(H,35,39)(H,36,40)/t25-,27+,28-. The minimum Gasteiger partial charge on any atom is -0.496 e. The first-order valence-electron chi connectivity index (χ1n) is 14.8. The minimum absolute atomic E-state index is 0.0431. The highest BCUT2D eigenvalue weighted by Crippen LogP contribution is 2.38. The highest BCUT2D eigenvalue weighted by molar-refractivity contribution is 5.96. The summed E-state index contributed by atoms with van der Waals surface area (Å²) in [6.45, 7) is 3.79. The molecule has 3 atom stereocenters. The average Bonchev–Trinajstić information content (AvgIpc) is 3.27. The van der Waals surface area contributed by atoms with Crippen LogP contribution in [-0.4, -0.2) is 61.2 Å². The summed E-state index contributed by atoms with van der Waals surface area (Å²) < 4.78 is 5.39. The molecule has 3 aliphatic heterocycles. The maximum absolute atomic E-state index is 13.1. The zero-order valence-electron chi connectivity index (χ0n) is 23.9. The topological polar surface area (TPSA) is 86.8 Å². The molecule has 41 heavy (non-hydrogen) atoms. The van der Waals surface area contributed by atoms with Gasteiger partial charge in [-0.2, -0.15) is 0 Å². The van der Waals surface area contributed by atoms with Crippen LogP contribution in [0.3, 0.4) is 0 Å². The van der Waals surface area contributed by atoms with E-state index in [1.54, 1.807) is 13.3 Å². The van der Waals surface area contributed by atoms with Crippen molar-refractivity contribution in [2.24, 2.45) is 0 Å². The van der Waals surface area contributed by atoms with Gasteiger partial charge in [0.25, 0.3) is 11.8 Å². The number of para-hydroxylation sites is 1. The summed E-state index contributed by atoms with van der Waals surface area (Å²) in [5, 5.41) is 6.49. The molecule has 3 aliphatic rings. The van der Waals surface area contributed by atoms with Crippen molar-refractivity contribution in [3.63, 3.8) is 0 Å². The zero-order valence-corrected chi connectivity index (χ0v) is 23.9. The average molecular weight is 554 g/mol. The highest BCUT2D eigenvalue weighted by atomic mass is 16.5. The van der Waals surface area contributed by atoms with E-state index in [9.17, 15) is 9.59 Å². The molecule has 2 bridgehead atoms. The molecule has 8 heteroatoms. The largest absolute Gasteiger partial charge is 0.496 e. The number of aromatic nitrogens is 1. The molecule has 4 heterocycles. The molecule has 3 fully saturated rings. The van der Waals surface area contributed by atoms with Gasteiger partial charge in [0.05, 0.1) is 12.7 Å². The maximum Gasteiger partial charge on any atom is 0.253 e. The van der Waals surface area contributed by atoms with Crippen molar-refractivity contribution in [3.05, 3.63) is 83.6 Å². The molecule has 0 spiro atoms. The molecule has 214 valence electrons. The monoisotopic (exact) mass is 553 g/mol. The van der Waals surface area contributed by atoms with Gasteiger partial charge in [-0.15, -0.1) is 0 Å². The first kappa shape index (κ1) is 27.1. The second kappa shape index (κ2) is 11.8. The Kier molecular flexibility index (Phi) is 7.81. The fraction of sp³-hybridized carbons (Fsp3) is 0.424. The van der Waals surface area contributed by atoms with Gasteiger partial charge < -0.3 is 25.2 Å². The maximum atomic E-state index is 13.1. The van der Waals surface area contributed by atoms with E-state index in [1.807, 2.05) is 43.3 Å². The zero-order chi connectivity index (χ0) is 28.3. The summed E-state index contributed by atoms with van der Waals surface area (Å²) in [6, 6.07) is 20.9. The molecule has 2 aromatic carbocycles. The lowest BCUT2D eigenvalue weighted by Crippen LogP contribution is -2.51. The number of hydrogen-bond donors (Lipinski definition) is 2. The third kappa shape index (κ3) is 5.73. The lowest BCUT2D eigenvalue weighted by atomic mass is 9.96. The number of methoxy groups -OCH3 is 1. The van der Waals surface area contributed by atoms with Gasteiger partial charge in [-0.05, 0) is 81.8 Å². The molecule has 3 aromatic rings. The van der Waals surface area contributed by atoms with Crippen LogP contribution in [0.25, 0.3) is 0 Å². The quantitative estimate of drug-likeness (QED) is 0.440. The number of carbonyl (C=O) groups excluding carboxylic acids is 2. The number of benzene rings is 2. The van der Waals surface area contributed by atoms with Crippen LogP contribution >= 0.6 is 0 Å². The van der Waals surface area contributed by atoms with E-state index in [4.69, 9.17) is 9.72 Å². The molecular formula is C33H39N5O3. The summed E-state index contributed by atoms with van der Waals surface area (Å²) in [5.74, 6) is 1.54. The number of piperidine rings is 2. The molecule has 0 unspecified atom stereocenters. The van der Waals surface area contributed by atoms with Crippen LogP contribution in [0.15, 0.2) is 66.9 Å². The number of rotatable bonds is 7. The van der Waals surface area contributed by atoms with Crippen LogP contribution in [0.5, 0.6) is 5.75 Å². The van der Waals surface area contributed by atoms with Crippen LogP contribution in [0, 0.1) is 6.92 Å². The fourth-order valence-electron chi connectivity index (χ4n) is 6.88. The van der Waals surface area contributed by atoms with Crippen LogP contribution in [0.4, 0.5) is 11.5 Å². The number of anilines is 2. The minimum atomic E-state index is -0.0561. The number of fused-ring (bicyclic) bond motifs is 2. The number of hydrogen-bond acceptors (Lipinski definition) is 6. The van der Waals surface area contributed by atoms with Gasteiger partial charge in [0.1, 0.15) is 11.6 Å². The van der Waals surface area contributed by atoms with E-state index in [-0.39, 0.29) is 23.9 Å². The Morgan fingerprint density at radius 3 is 2.20 bits per heavy atom. The number of nitrogens with zero attached hydrogens (tertiary/aromatic N) is 3. The first-order chi connectivity index (χ1) is 20.0. The van der Waals surface area contributed by atoms with Crippen molar-refractivity contribution in [2.75, 3.05) is 30.0 Å². The molecule has 0 saturated carbocycles. The van der Waals surface area contributed by atoms with Crippen molar-refractivity contribution in [3.8, 4) is 5.75 Å². The first-order valence-corrected chi connectivity index (χ1v) is 14.8. The van der Waals surface area contributed by atoms with Crippen LogP contribution in [0.2, 0.25) is 0 Å². The number of pyridine rings is 1. The van der Waals surface area contributed by atoms with Gasteiger partial charge in [0.2, 0.25) is 0 Å². The Morgan fingerprint density at radius 2 is 1.54 bits per heavy atom. The van der Waals surface area contributed by atoms with Gasteiger partial charge in [-0.3, -0.25) is 9.59 Å². The normalized spacial score (nSPS) is 22.3. The van der Waals surface area contributed by atoms with E-state index in [0.29, 0.717) is 23.2 Å². The van der Waals surface area contributed by atoms with Crippen molar-refractivity contribution >= 4 is 23.3 Å². The van der Waals surface area contributed by atoms with Crippen molar-refractivity contribution < 1.29 is 14.3 Å². The molecule has 2 amide bonds.